The predicted molar refractivity (Wildman–Crippen MR) is 98.6 cm³/mol. The molecular weight excluding hydrogens is 302 g/mol. The molecular formula is C19H31N3O2. The Morgan fingerprint density at radius 2 is 2.00 bits per heavy atom. The summed E-state index contributed by atoms with van der Waals surface area (Å²) in [6, 6.07) is 6.18. The van der Waals surface area contributed by atoms with E-state index in [1.807, 2.05) is 19.1 Å². The molecule has 0 saturated carbocycles. The summed E-state index contributed by atoms with van der Waals surface area (Å²) in [7, 11) is 0. The molecule has 1 aliphatic rings. The van der Waals surface area contributed by atoms with Crippen LogP contribution in [0, 0.1) is 6.92 Å². The van der Waals surface area contributed by atoms with E-state index in [2.05, 4.69) is 35.4 Å². The Hall–Kier alpha value is -1.43. The van der Waals surface area contributed by atoms with Crippen molar-refractivity contribution in [2.45, 2.75) is 33.1 Å². The lowest BCUT2D eigenvalue weighted by molar-refractivity contribution is -0.116. The van der Waals surface area contributed by atoms with Crippen LogP contribution in [0.5, 0.6) is 0 Å². The second kappa shape index (κ2) is 9.77. The van der Waals surface area contributed by atoms with E-state index in [-0.39, 0.29) is 5.91 Å². The van der Waals surface area contributed by atoms with Crippen molar-refractivity contribution in [3.63, 3.8) is 0 Å². The van der Waals surface area contributed by atoms with Crippen molar-refractivity contribution in [1.29, 1.82) is 0 Å². The molecule has 0 aromatic heterocycles. The number of carbonyl (C=O) groups excluding carboxylic acids is 1. The highest BCUT2D eigenvalue weighted by atomic mass is 16.5. The minimum Gasteiger partial charge on any atom is -0.379 e. The first-order valence-electron chi connectivity index (χ1n) is 8.98. The summed E-state index contributed by atoms with van der Waals surface area (Å²) in [5, 5.41) is 6.45. The zero-order valence-electron chi connectivity index (χ0n) is 15.2. The van der Waals surface area contributed by atoms with Crippen molar-refractivity contribution in [3.05, 3.63) is 29.3 Å². The van der Waals surface area contributed by atoms with Crippen LogP contribution in [-0.4, -0.2) is 56.7 Å². The van der Waals surface area contributed by atoms with Gasteiger partial charge < -0.3 is 15.4 Å². The predicted octanol–water partition coefficient (Wildman–Crippen LogP) is 2.37. The van der Waals surface area contributed by atoms with E-state index in [4.69, 9.17) is 4.74 Å². The van der Waals surface area contributed by atoms with Gasteiger partial charge in [0.15, 0.2) is 0 Å². The Labute approximate surface area is 145 Å². The average molecular weight is 333 g/mol. The van der Waals surface area contributed by atoms with Gasteiger partial charge in [0.1, 0.15) is 0 Å². The first-order valence-corrected chi connectivity index (χ1v) is 8.98. The van der Waals surface area contributed by atoms with Crippen LogP contribution >= 0.6 is 0 Å². The van der Waals surface area contributed by atoms with Crippen molar-refractivity contribution in [1.82, 2.24) is 10.2 Å². The second-order valence-corrected chi connectivity index (χ2v) is 6.70. The van der Waals surface area contributed by atoms with Crippen molar-refractivity contribution in [2.75, 3.05) is 51.3 Å². The Morgan fingerprint density at radius 1 is 1.25 bits per heavy atom. The molecule has 1 heterocycles. The summed E-state index contributed by atoms with van der Waals surface area (Å²) in [6.45, 7) is 12.7. The molecule has 0 radical (unpaired) electrons. The van der Waals surface area contributed by atoms with Gasteiger partial charge in [-0.3, -0.25) is 9.69 Å². The first-order chi connectivity index (χ1) is 11.6. The van der Waals surface area contributed by atoms with Crippen molar-refractivity contribution >= 4 is 11.6 Å². The van der Waals surface area contributed by atoms with E-state index < -0.39 is 0 Å². The van der Waals surface area contributed by atoms with Gasteiger partial charge in [0.25, 0.3) is 0 Å². The maximum atomic E-state index is 12.2. The van der Waals surface area contributed by atoms with E-state index in [1.165, 1.54) is 5.56 Å². The van der Waals surface area contributed by atoms with Crippen LogP contribution < -0.4 is 10.6 Å². The van der Waals surface area contributed by atoms with Gasteiger partial charge in [0.05, 0.1) is 13.2 Å². The minimum absolute atomic E-state index is 0.0741. The molecule has 24 heavy (non-hydrogen) atoms. The molecule has 5 heteroatoms. The Bertz CT molecular complexity index is 525. The molecule has 0 aliphatic carbocycles. The summed E-state index contributed by atoms with van der Waals surface area (Å²) in [5.74, 6) is 0.469. The number of nitrogens with zero attached hydrogens (tertiary/aromatic N) is 1. The van der Waals surface area contributed by atoms with E-state index in [9.17, 15) is 4.79 Å². The molecule has 1 aromatic rings. The quantitative estimate of drug-likeness (QED) is 0.717. The molecule has 1 fully saturated rings. The summed E-state index contributed by atoms with van der Waals surface area (Å²) in [4.78, 5) is 14.6. The number of para-hydroxylation sites is 1. The van der Waals surface area contributed by atoms with Gasteiger partial charge in [0, 0.05) is 44.8 Å². The molecule has 1 aromatic carbocycles. The van der Waals surface area contributed by atoms with Gasteiger partial charge in [-0.05, 0) is 24.0 Å². The smallest absolute Gasteiger partial charge is 0.225 e. The molecule has 5 nitrogen and oxygen atoms in total. The fourth-order valence-electron chi connectivity index (χ4n) is 2.93. The lowest BCUT2D eigenvalue weighted by Crippen LogP contribution is -2.40. The SMILES string of the molecule is Cc1cccc(C(C)C)c1NC(=O)CCNCCN1CCOCC1. The highest BCUT2D eigenvalue weighted by Gasteiger charge is 2.12. The number of morpholine rings is 1. The summed E-state index contributed by atoms with van der Waals surface area (Å²) >= 11 is 0. The van der Waals surface area contributed by atoms with Crippen LogP contribution in [-0.2, 0) is 9.53 Å². The second-order valence-electron chi connectivity index (χ2n) is 6.70. The van der Waals surface area contributed by atoms with Crippen LogP contribution in [0.15, 0.2) is 18.2 Å². The molecule has 2 N–H and O–H groups in total. The number of hydrogen-bond acceptors (Lipinski definition) is 4. The standard InChI is InChI=1S/C19H31N3O2/c1-15(2)17-6-4-5-16(3)19(17)21-18(23)7-8-20-9-10-22-11-13-24-14-12-22/h4-6,15,20H,7-14H2,1-3H3,(H,21,23). The Morgan fingerprint density at radius 3 is 2.71 bits per heavy atom. The van der Waals surface area contributed by atoms with Gasteiger partial charge in [-0.15, -0.1) is 0 Å². The third-order valence-electron chi connectivity index (χ3n) is 4.43. The van der Waals surface area contributed by atoms with Crippen LogP contribution in [0.25, 0.3) is 0 Å². The zero-order chi connectivity index (χ0) is 17.4. The van der Waals surface area contributed by atoms with Gasteiger partial charge in [-0.25, -0.2) is 0 Å². The maximum Gasteiger partial charge on any atom is 0.225 e. The number of anilines is 1. The number of rotatable bonds is 8. The third kappa shape index (κ3) is 5.89. The molecule has 0 unspecified atom stereocenters. The lowest BCUT2D eigenvalue weighted by Gasteiger charge is -2.26. The van der Waals surface area contributed by atoms with Crippen molar-refractivity contribution < 1.29 is 9.53 Å². The number of hydrogen-bond donors (Lipinski definition) is 2. The molecule has 1 aliphatic heterocycles. The van der Waals surface area contributed by atoms with E-state index in [1.54, 1.807) is 0 Å². The Balaban J connectivity index is 1.70. The first kappa shape index (κ1) is 18.9. The number of aryl methyl sites for hydroxylation is 1. The molecule has 0 atom stereocenters. The fraction of sp³-hybridized carbons (Fsp3) is 0.632. The van der Waals surface area contributed by atoms with Gasteiger partial charge in [-0.1, -0.05) is 32.0 Å². The number of nitrogens with one attached hydrogen (secondary N) is 2. The monoisotopic (exact) mass is 333 g/mol. The highest BCUT2D eigenvalue weighted by molar-refractivity contribution is 5.92. The lowest BCUT2D eigenvalue weighted by atomic mass is 9.98. The van der Waals surface area contributed by atoms with Crippen molar-refractivity contribution in [2.24, 2.45) is 0 Å². The van der Waals surface area contributed by atoms with Crippen LogP contribution in [0.4, 0.5) is 5.69 Å². The number of ether oxygens (including phenoxy) is 1. The highest BCUT2D eigenvalue weighted by Crippen LogP contribution is 2.27. The zero-order valence-corrected chi connectivity index (χ0v) is 15.2. The molecule has 134 valence electrons. The van der Waals surface area contributed by atoms with Gasteiger partial charge in [0.2, 0.25) is 5.91 Å². The summed E-state index contributed by atoms with van der Waals surface area (Å²) in [6.07, 6.45) is 0.495. The Kier molecular flexibility index (Phi) is 7.69. The number of amides is 1. The average Bonchev–Trinajstić information content (AvgIpc) is 2.57. The summed E-state index contributed by atoms with van der Waals surface area (Å²) in [5.41, 5.74) is 3.30. The maximum absolute atomic E-state index is 12.2. The van der Waals surface area contributed by atoms with Crippen LogP contribution in [0.2, 0.25) is 0 Å². The van der Waals surface area contributed by atoms with Gasteiger partial charge in [-0.2, -0.15) is 0 Å². The molecule has 0 bridgehead atoms. The minimum atomic E-state index is 0.0741. The van der Waals surface area contributed by atoms with Gasteiger partial charge >= 0.3 is 0 Å². The largest absolute Gasteiger partial charge is 0.379 e. The van der Waals surface area contributed by atoms with Crippen molar-refractivity contribution in [3.8, 4) is 0 Å². The van der Waals surface area contributed by atoms with E-state index in [0.29, 0.717) is 18.9 Å². The summed E-state index contributed by atoms with van der Waals surface area (Å²) < 4.78 is 5.34. The topological polar surface area (TPSA) is 53.6 Å². The normalized spacial score (nSPS) is 15.7. The van der Waals surface area contributed by atoms with Crippen LogP contribution in [0.3, 0.4) is 0 Å². The van der Waals surface area contributed by atoms with Crippen LogP contribution in [0.1, 0.15) is 37.3 Å². The molecule has 1 saturated heterocycles. The van der Waals surface area contributed by atoms with E-state index in [0.717, 1.165) is 50.6 Å². The van der Waals surface area contributed by atoms with E-state index >= 15 is 0 Å². The molecule has 1 amide bonds. The molecule has 2 rings (SSSR count). The number of benzene rings is 1. The molecule has 0 spiro atoms. The number of carbonyl (C=O) groups is 1. The fourth-order valence-corrected chi connectivity index (χ4v) is 2.93. The third-order valence-corrected chi connectivity index (χ3v) is 4.43.